The van der Waals surface area contributed by atoms with E-state index in [-0.39, 0.29) is 5.41 Å². The van der Waals surface area contributed by atoms with Crippen molar-refractivity contribution in [3.8, 4) is 0 Å². The molecule has 1 atom stereocenters. The fourth-order valence-corrected chi connectivity index (χ4v) is 2.05. The molecule has 1 aliphatic rings. The third kappa shape index (κ3) is 1.99. The van der Waals surface area contributed by atoms with Crippen LogP contribution in [0.5, 0.6) is 0 Å². The standard InChI is InChI=1S/C10H19NO/c1-10(2,3)8-6-4-5-7-9(8)11-12/h8,12H,4-7H2,1-3H3/b11-9-. The van der Waals surface area contributed by atoms with Crippen molar-refractivity contribution in [2.24, 2.45) is 16.5 Å². The maximum absolute atomic E-state index is 8.81. The predicted molar refractivity (Wildman–Crippen MR) is 50.6 cm³/mol. The zero-order valence-electron chi connectivity index (χ0n) is 8.30. The summed E-state index contributed by atoms with van der Waals surface area (Å²) in [6.07, 6.45) is 4.63. The van der Waals surface area contributed by atoms with Gasteiger partial charge in [-0.1, -0.05) is 32.3 Å². The minimum Gasteiger partial charge on any atom is -0.411 e. The van der Waals surface area contributed by atoms with Crippen LogP contribution in [0.2, 0.25) is 0 Å². The molecule has 0 heterocycles. The van der Waals surface area contributed by atoms with Gasteiger partial charge in [0.1, 0.15) is 0 Å². The molecule has 0 radical (unpaired) electrons. The van der Waals surface area contributed by atoms with Crippen LogP contribution in [0.3, 0.4) is 0 Å². The van der Waals surface area contributed by atoms with E-state index >= 15 is 0 Å². The molecule has 0 spiro atoms. The first-order valence-electron chi connectivity index (χ1n) is 4.76. The highest BCUT2D eigenvalue weighted by Gasteiger charge is 2.31. The topological polar surface area (TPSA) is 32.6 Å². The number of nitrogens with zero attached hydrogens (tertiary/aromatic N) is 1. The molecule has 0 bridgehead atoms. The normalized spacial score (nSPS) is 29.2. The smallest absolute Gasteiger partial charge is 0.0606 e. The maximum atomic E-state index is 8.81. The highest BCUT2D eigenvalue weighted by atomic mass is 16.4. The molecule has 2 heteroatoms. The molecule has 12 heavy (non-hydrogen) atoms. The Morgan fingerprint density at radius 1 is 1.33 bits per heavy atom. The van der Waals surface area contributed by atoms with Gasteiger partial charge in [-0.2, -0.15) is 0 Å². The molecule has 2 nitrogen and oxygen atoms in total. The van der Waals surface area contributed by atoms with E-state index in [1.165, 1.54) is 19.3 Å². The minimum absolute atomic E-state index is 0.252. The van der Waals surface area contributed by atoms with Gasteiger partial charge < -0.3 is 5.21 Å². The first-order valence-corrected chi connectivity index (χ1v) is 4.76. The second kappa shape index (κ2) is 3.46. The summed E-state index contributed by atoms with van der Waals surface area (Å²) >= 11 is 0. The Morgan fingerprint density at radius 2 is 2.00 bits per heavy atom. The summed E-state index contributed by atoms with van der Waals surface area (Å²) in [4.78, 5) is 0. The van der Waals surface area contributed by atoms with Crippen LogP contribution in [0.25, 0.3) is 0 Å². The largest absolute Gasteiger partial charge is 0.411 e. The van der Waals surface area contributed by atoms with Crippen molar-refractivity contribution in [1.82, 2.24) is 0 Å². The molecule has 0 aromatic carbocycles. The predicted octanol–water partition coefficient (Wildman–Crippen LogP) is 3.05. The lowest BCUT2D eigenvalue weighted by molar-refractivity contribution is 0.254. The summed E-state index contributed by atoms with van der Waals surface area (Å²) in [6.45, 7) is 6.65. The van der Waals surface area contributed by atoms with Gasteiger partial charge in [-0.3, -0.25) is 0 Å². The molecule has 1 rings (SSSR count). The number of hydrogen-bond donors (Lipinski definition) is 1. The lowest BCUT2D eigenvalue weighted by Crippen LogP contribution is -2.31. The molecule has 1 fully saturated rings. The third-order valence-corrected chi connectivity index (χ3v) is 2.75. The Labute approximate surface area is 74.7 Å². The number of oxime groups is 1. The van der Waals surface area contributed by atoms with Crippen LogP contribution in [0, 0.1) is 11.3 Å². The first-order chi connectivity index (χ1) is 5.55. The summed E-state index contributed by atoms with van der Waals surface area (Å²) in [5.74, 6) is 0.483. The van der Waals surface area contributed by atoms with Gasteiger partial charge in [-0.05, 0) is 24.7 Å². The summed E-state index contributed by atoms with van der Waals surface area (Å²) in [5, 5.41) is 12.2. The monoisotopic (exact) mass is 169 g/mol. The highest BCUT2D eigenvalue weighted by Crippen LogP contribution is 2.35. The SMILES string of the molecule is CC(C)(C)C1CCCC/C1=N/O. The second-order valence-electron chi connectivity index (χ2n) is 4.76. The van der Waals surface area contributed by atoms with Crippen molar-refractivity contribution in [1.29, 1.82) is 0 Å². The van der Waals surface area contributed by atoms with Crippen LogP contribution < -0.4 is 0 Å². The summed E-state index contributed by atoms with van der Waals surface area (Å²) in [7, 11) is 0. The van der Waals surface area contributed by atoms with Crippen LogP contribution in [0.15, 0.2) is 5.16 Å². The van der Waals surface area contributed by atoms with E-state index in [0.29, 0.717) is 5.92 Å². The molecular weight excluding hydrogens is 150 g/mol. The minimum atomic E-state index is 0.252. The summed E-state index contributed by atoms with van der Waals surface area (Å²) in [5.41, 5.74) is 1.26. The van der Waals surface area contributed by atoms with Crippen molar-refractivity contribution in [3.05, 3.63) is 0 Å². The van der Waals surface area contributed by atoms with Gasteiger partial charge in [-0.15, -0.1) is 0 Å². The van der Waals surface area contributed by atoms with Crippen LogP contribution in [0.4, 0.5) is 0 Å². The van der Waals surface area contributed by atoms with E-state index in [1.54, 1.807) is 0 Å². The van der Waals surface area contributed by atoms with Gasteiger partial charge in [0.05, 0.1) is 5.71 Å². The number of rotatable bonds is 0. The van der Waals surface area contributed by atoms with Crippen molar-refractivity contribution < 1.29 is 5.21 Å². The zero-order chi connectivity index (χ0) is 9.19. The van der Waals surface area contributed by atoms with Crippen molar-refractivity contribution in [3.63, 3.8) is 0 Å². The van der Waals surface area contributed by atoms with Gasteiger partial charge in [0.2, 0.25) is 0 Å². The molecular formula is C10H19NO. The van der Waals surface area contributed by atoms with E-state index in [9.17, 15) is 0 Å². The molecule has 1 N–H and O–H groups in total. The Bertz CT molecular complexity index is 179. The second-order valence-corrected chi connectivity index (χ2v) is 4.76. The lowest BCUT2D eigenvalue weighted by atomic mass is 9.71. The molecule has 1 unspecified atom stereocenters. The van der Waals surface area contributed by atoms with Crippen molar-refractivity contribution >= 4 is 5.71 Å². The summed E-state index contributed by atoms with van der Waals surface area (Å²) in [6, 6.07) is 0. The molecule has 0 amide bonds. The Balaban J connectivity index is 2.73. The number of hydrogen-bond acceptors (Lipinski definition) is 2. The third-order valence-electron chi connectivity index (χ3n) is 2.75. The fourth-order valence-electron chi connectivity index (χ4n) is 2.05. The maximum Gasteiger partial charge on any atom is 0.0606 e. The van der Waals surface area contributed by atoms with Gasteiger partial charge in [0.25, 0.3) is 0 Å². The molecule has 0 aliphatic heterocycles. The molecule has 0 saturated heterocycles. The van der Waals surface area contributed by atoms with E-state index in [2.05, 4.69) is 25.9 Å². The highest BCUT2D eigenvalue weighted by molar-refractivity contribution is 5.87. The van der Waals surface area contributed by atoms with Crippen LogP contribution in [-0.2, 0) is 0 Å². The van der Waals surface area contributed by atoms with Gasteiger partial charge in [0.15, 0.2) is 0 Å². The van der Waals surface area contributed by atoms with Crippen LogP contribution in [-0.4, -0.2) is 10.9 Å². The average Bonchev–Trinajstić information content (AvgIpc) is 2.03. The van der Waals surface area contributed by atoms with Gasteiger partial charge in [0, 0.05) is 5.92 Å². The van der Waals surface area contributed by atoms with E-state index < -0.39 is 0 Å². The van der Waals surface area contributed by atoms with Crippen molar-refractivity contribution in [2.75, 3.05) is 0 Å². The first kappa shape index (κ1) is 9.56. The summed E-state index contributed by atoms with van der Waals surface area (Å²) < 4.78 is 0. The molecule has 1 aliphatic carbocycles. The van der Waals surface area contributed by atoms with Crippen LogP contribution in [0.1, 0.15) is 46.5 Å². The Kier molecular flexibility index (Phi) is 2.76. The van der Waals surface area contributed by atoms with Crippen LogP contribution >= 0.6 is 0 Å². The molecule has 0 aromatic rings. The van der Waals surface area contributed by atoms with E-state index in [1.807, 2.05) is 0 Å². The lowest BCUT2D eigenvalue weighted by Gasteiger charge is -2.34. The quantitative estimate of drug-likeness (QED) is 0.438. The molecule has 0 aromatic heterocycles. The van der Waals surface area contributed by atoms with E-state index in [4.69, 9.17) is 5.21 Å². The Morgan fingerprint density at radius 3 is 2.42 bits per heavy atom. The van der Waals surface area contributed by atoms with Crippen molar-refractivity contribution in [2.45, 2.75) is 46.5 Å². The average molecular weight is 169 g/mol. The zero-order valence-corrected chi connectivity index (χ0v) is 8.30. The molecule has 1 saturated carbocycles. The fraction of sp³-hybridized carbons (Fsp3) is 0.900. The van der Waals surface area contributed by atoms with E-state index in [0.717, 1.165) is 12.1 Å². The van der Waals surface area contributed by atoms with Gasteiger partial charge >= 0.3 is 0 Å². The van der Waals surface area contributed by atoms with Gasteiger partial charge in [-0.25, -0.2) is 0 Å². The molecule has 70 valence electrons. The Hall–Kier alpha value is -0.530.